The molecule has 9 heteroatoms. The Morgan fingerprint density at radius 1 is 1.14 bits per heavy atom. The van der Waals surface area contributed by atoms with Crippen LogP contribution in [0.5, 0.6) is 0 Å². The lowest BCUT2D eigenvalue weighted by molar-refractivity contribution is -0.143. The number of nitrogens with zero attached hydrogens (tertiary/aromatic N) is 4. The van der Waals surface area contributed by atoms with Crippen LogP contribution in [0, 0.1) is 0 Å². The Bertz CT molecular complexity index is 960. The van der Waals surface area contributed by atoms with Gasteiger partial charge in [0.15, 0.2) is 0 Å². The van der Waals surface area contributed by atoms with Crippen LogP contribution in [0.3, 0.4) is 0 Å². The lowest BCUT2D eigenvalue weighted by atomic mass is 10.0. The second-order valence-corrected chi connectivity index (χ2v) is 6.63. The highest BCUT2D eigenvalue weighted by molar-refractivity contribution is 6.30. The van der Waals surface area contributed by atoms with Crippen molar-refractivity contribution in [2.45, 2.75) is 25.9 Å². The lowest BCUT2D eigenvalue weighted by Gasteiger charge is -2.18. The number of ether oxygens (including phenoxy) is 1. The zero-order valence-corrected chi connectivity index (χ0v) is 16.5. The average molecular weight is 414 g/mol. The number of carbonyl (C=O) groups excluding carboxylic acids is 2. The standard InChI is InChI=1S/C20H20ClN5O3/c1-2-29-19(28)12-17(14-6-4-3-5-7-14)22-18(27)13-26-24-20(23-25-26)15-8-10-16(21)11-9-15/h3-11,17H,2,12-13H2,1H3,(H,22,27)/t17-/m1/s1. The first kappa shape index (κ1) is 20.5. The molecule has 1 N–H and O–H groups in total. The molecule has 0 aliphatic rings. The summed E-state index contributed by atoms with van der Waals surface area (Å²) in [4.78, 5) is 25.6. The highest BCUT2D eigenvalue weighted by Gasteiger charge is 2.20. The van der Waals surface area contributed by atoms with Crippen LogP contribution in [0.1, 0.15) is 24.9 Å². The quantitative estimate of drug-likeness (QED) is 0.570. The third-order valence-electron chi connectivity index (χ3n) is 4.05. The molecule has 0 bridgehead atoms. The fraction of sp³-hybridized carbons (Fsp3) is 0.250. The number of esters is 1. The van der Waals surface area contributed by atoms with E-state index >= 15 is 0 Å². The molecule has 29 heavy (non-hydrogen) atoms. The Morgan fingerprint density at radius 2 is 1.86 bits per heavy atom. The molecule has 1 heterocycles. The summed E-state index contributed by atoms with van der Waals surface area (Å²) < 4.78 is 5.01. The summed E-state index contributed by atoms with van der Waals surface area (Å²) in [5.74, 6) is -0.339. The van der Waals surface area contributed by atoms with Gasteiger partial charge in [0.2, 0.25) is 11.7 Å². The van der Waals surface area contributed by atoms with E-state index in [1.807, 2.05) is 30.3 Å². The average Bonchev–Trinajstić information content (AvgIpc) is 3.17. The molecule has 0 saturated carbocycles. The van der Waals surface area contributed by atoms with Gasteiger partial charge in [0.05, 0.1) is 19.1 Å². The predicted octanol–water partition coefficient (Wildman–Crippen LogP) is 2.80. The Kier molecular flexibility index (Phi) is 6.91. The molecule has 1 aromatic heterocycles. The van der Waals surface area contributed by atoms with Crippen LogP contribution in [0.4, 0.5) is 0 Å². The van der Waals surface area contributed by atoms with Gasteiger partial charge in [-0.25, -0.2) is 0 Å². The van der Waals surface area contributed by atoms with Crippen LogP contribution in [-0.4, -0.2) is 38.7 Å². The second-order valence-electron chi connectivity index (χ2n) is 6.19. The van der Waals surface area contributed by atoms with Crippen LogP contribution in [-0.2, 0) is 20.9 Å². The molecule has 0 aliphatic carbocycles. The van der Waals surface area contributed by atoms with Gasteiger partial charge in [0.25, 0.3) is 0 Å². The maximum atomic E-state index is 12.5. The smallest absolute Gasteiger partial charge is 0.308 e. The van der Waals surface area contributed by atoms with Crippen molar-refractivity contribution in [2.24, 2.45) is 0 Å². The molecule has 0 spiro atoms. The molecule has 1 atom stereocenters. The van der Waals surface area contributed by atoms with Crippen molar-refractivity contribution in [3.05, 3.63) is 65.2 Å². The molecular weight excluding hydrogens is 394 g/mol. The summed E-state index contributed by atoms with van der Waals surface area (Å²) in [6.07, 6.45) is 0.0321. The number of carbonyl (C=O) groups is 2. The number of tetrazole rings is 1. The zero-order chi connectivity index (χ0) is 20.6. The molecule has 0 fully saturated rings. The van der Waals surface area contributed by atoms with Crippen molar-refractivity contribution in [2.75, 3.05) is 6.61 Å². The summed E-state index contributed by atoms with van der Waals surface area (Å²) >= 11 is 5.88. The number of rotatable bonds is 8. The first-order valence-corrected chi connectivity index (χ1v) is 9.46. The number of hydrogen-bond donors (Lipinski definition) is 1. The third-order valence-corrected chi connectivity index (χ3v) is 4.31. The molecule has 3 aromatic rings. The fourth-order valence-electron chi connectivity index (χ4n) is 2.72. The van der Waals surface area contributed by atoms with Crippen LogP contribution in [0.25, 0.3) is 11.4 Å². The Labute approximate surface area is 172 Å². The van der Waals surface area contributed by atoms with E-state index in [0.717, 1.165) is 11.1 Å². The van der Waals surface area contributed by atoms with Crippen LogP contribution in [0.15, 0.2) is 54.6 Å². The molecular formula is C20H20ClN5O3. The summed E-state index contributed by atoms with van der Waals surface area (Å²) in [5, 5.41) is 15.5. The van der Waals surface area contributed by atoms with Gasteiger partial charge in [0.1, 0.15) is 6.54 Å². The zero-order valence-electron chi connectivity index (χ0n) is 15.8. The first-order chi connectivity index (χ1) is 14.0. The summed E-state index contributed by atoms with van der Waals surface area (Å²) in [6, 6.07) is 15.7. The normalized spacial score (nSPS) is 11.7. The fourth-order valence-corrected chi connectivity index (χ4v) is 2.84. The van der Waals surface area contributed by atoms with Gasteiger partial charge in [-0.1, -0.05) is 41.9 Å². The van der Waals surface area contributed by atoms with E-state index in [1.165, 1.54) is 4.80 Å². The molecule has 3 rings (SSSR count). The van der Waals surface area contributed by atoms with Crippen LogP contribution < -0.4 is 5.32 Å². The highest BCUT2D eigenvalue weighted by atomic mass is 35.5. The number of benzene rings is 2. The molecule has 8 nitrogen and oxygen atoms in total. The summed E-state index contributed by atoms with van der Waals surface area (Å²) in [7, 11) is 0. The van der Waals surface area contributed by atoms with Gasteiger partial charge in [-0.2, -0.15) is 4.80 Å². The van der Waals surface area contributed by atoms with Gasteiger partial charge in [-0.15, -0.1) is 10.2 Å². The first-order valence-electron chi connectivity index (χ1n) is 9.09. The number of hydrogen-bond acceptors (Lipinski definition) is 6. The van der Waals surface area contributed by atoms with E-state index in [2.05, 4.69) is 20.7 Å². The lowest BCUT2D eigenvalue weighted by Crippen LogP contribution is -2.33. The van der Waals surface area contributed by atoms with Gasteiger partial charge < -0.3 is 10.1 Å². The summed E-state index contributed by atoms with van der Waals surface area (Å²) in [6.45, 7) is 1.89. The van der Waals surface area contributed by atoms with E-state index in [0.29, 0.717) is 10.8 Å². The highest BCUT2D eigenvalue weighted by Crippen LogP contribution is 2.18. The van der Waals surface area contributed by atoms with Crippen molar-refractivity contribution in [3.63, 3.8) is 0 Å². The largest absolute Gasteiger partial charge is 0.466 e. The molecule has 0 radical (unpaired) electrons. The minimum Gasteiger partial charge on any atom is -0.466 e. The van der Waals surface area contributed by atoms with E-state index in [9.17, 15) is 9.59 Å². The topological polar surface area (TPSA) is 99.0 Å². The van der Waals surface area contributed by atoms with Gasteiger partial charge in [-0.05, 0) is 42.0 Å². The number of aromatic nitrogens is 4. The molecule has 0 saturated heterocycles. The maximum absolute atomic E-state index is 12.5. The number of amides is 1. The monoisotopic (exact) mass is 413 g/mol. The number of nitrogens with one attached hydrogen (secondary N) is 1. The SMILES string of the molecule is CCOC(=O)C[C@@H](NC(=O)Cn1nnc(-c2ccc(Cl)cc2)n1)c1ccccc1. The molecule has 2 aromatic carbocycles. The van der Waals surface area contributed by atoms with E-state index in [-0.39, 0.29) is 31.4 Å². The van der Waals surface area contributed by atoms with Crippen molar-refractivity contribution in [3.8, 4) is 11.4 Å². The minimum atomic E-state index is -0.512. The van der Waals surface area contributed by atoms with Crippen molar-refractivity contribution >= 4 is 23.5 Å². The molecule has 150 valence electrons. The van der Waals surface area contributed by atoms with Gasteiger partial charge >= 0.3 is 5.97 Å². The van der Waals surface area contributed by atoms with Crippen molar-refractivity contribution < 1.29 is 14.3 Å². The van der Waals surface area contributed by atoms with Crippen molar-refractivity contribution in [1.82, 2.24) is 25.5 Å². The predicted molar refractivity (Wildman–Crippen MR) is 107 cm³/mol. The Hall–Kier alpha value is -3.26. The van der Waals surface area contributed by atoms with E-state index in [1.54, 1.807) is 31.2 Å². The Balaban J connectivity index is 1.67. The Morgan fingerprint density at radius 3 is 2.55 bits per heavy atom. The maximum Gasteiger partial charge on any atom is 0.308 e. The number of halogens is 1. The van der Waals surface area contributed by atoms with Crippen LogP contribution >= 0.6 is 11.6 Å². The van der Waals surface area contributed by atoms with Gasteiger partial charge in [-0.3, -0.25) is 9.59 Å². The minimum absolute atomic E-state index is 0.0321. The molecule has 0 aliphatic heterocycles. The van der Waals surface area contributed by atoms with Gasteiger partial charge in [0, 0.05) is 10.6 Å². The van der Waals surface area contributed by atoms with E-state index in [4.69, 9.17) is 16.3 Å². The molecule has 0 unspecified atom stereocenters. The summed E-state index contributed by atoms with van der Waals surface area (Å²) in [5.41, 5.74) is 1.55. The van der Waals surface area contributed by atoms with Crippen molar-refractivity contribution in [1.29, 1.82) is 0 Å². The van der Waals surface area contributed by atoms with E-state index < -0.39 is 6.04 Å². The second kappa shape index (κ2) is 9.79. The molecule has 1 amide bonds. The van der Waals surface area contributed by atoms with Crippen LogP contribution in [0.2, 0.25) is 5.02 Å². The third kappa shape index (κ3) is 5.86.